The Hall–Kier alpha value is -1.50. The van der Waals surface area contributed by atoms with E-state index in [4.69, 9.17) is 0 Å². The van der Waals surface area contributed by atoms with Gasteiger partial charge in [-0.25, -0.2) is 0 Å². The standard InChI is InChI=1S/C18H23N/c1-13-12-18(4,15(3)14(13)2)19-11-7-9-16-8-5-6-10-17(16)19/h5-6,8,10,12H,7,9,11H2,1-4H3. The van der Waals surface area contributed by atoms with Crippen molar-refractivity contribution in [2.45, 2.75) is 46.1 Å². The topological polar surface area (TPSA) is 3.24 Å². The van der Waals surface area contributed by atoms with E-state index in [9.17, 15) is 0 Å². The Balaban J connectivity index is 2.10. The van der Waals surface area contributed by atoms with E-state index in [1.165, 1.54) is 40.8 Å². The Morgan fingerprint density at radius 3 is 2.53 bits per heavy atom. The number of hydrogen-bond acceptors (Lipinski definition) is 1. The van der Waals surface area contributed by atoms with Crippen LogP contribution in [0.15, 0.2) is 47.1 Å². The summed E-state index contributed by atoms with van der Waals surface area (Å²) in [7, 11) is 0. The van der Waals surface area contributed by atoms with Crippen molar-refractivity contribution in [2.24, 2.45) is 0 Å². The van der Waals surface area contributed by atoms with Crippen molar-refractivity contribution in [1.82, 2.24) is 0 Å². The van der Waals surface area contributed by atoms with Gasteiger partial charge in [0, 0.05) is 12.2 Å². The number of rotatable bonds is 1. The average molecular weight is 253 g/mol. The molecule has 0 radical (unpaired) electrons. The number of hydrogen-bond donors (Lipinski definition) is 0. The van der Waals surface area contributed by atoms with Crippen LogP contribution in [0.2, 0.25) is 0 Å². The van der Waals surface area contributed by atoms with Gasteiger partial charge in [0.2, 0.25) is 0 Å². The first-order chi connectivity index (χ1) is 9.04. The fourth-order valence-corrected chi connectivity index (χ4v) is 3.61. The monoisotopic (exact) mass is 253 g/mol. The SMILES string of the molecule is CC1=CC(C)(N2CCCc3ccccc32)C(C)=C1C. The fraction of sp³-hybridized carbons (Fsp3) is 0.444. The first-order valence-electron chi connectivity index (χ1n) is 7.27. The molecule has 0 spiro atoms. The van der Waals surface area contributed by atoms with Crippen LogP contribution in [0, 0.1) is 0 Å². The summed E-state index contributed by atoms with van der Waals surface area (Å²) >= 11 is 0. The second-order valence-corrected chi connectivity index (χ2v) is 6.11. The molecule has 2 aliphatic rings. The van der Waals surface area contributed by atoms with Gasteiger partial charge in [-0.2, -0.15) is 0 Å². The fourth-order valence-electron chi connectivity index (χ4n) is 3.61. The van der Waals surface area contributed by atoms with Crippen LogP contribution in [0.25, 0.3) is 0 Å². The van der Waals surface area contributed by atoms with E-state index in [0.29, 0.717) is 0 Å². The number of nitrogens with zero attached hydrogens (tertiary/aromatic N) is 1. The lowest BCUT2D eigenvalue weighted by Crippen LogP contribution is -2.47. The van der Waals surface area contributed by atoms with Gasteiger partial charge >= 0.3 is 0 Å². The van der Waals surface area contributed by atoms with Gasteiger partial charge in [0.25, 0.3) is 0 Å². The minimum atomic E-state index is 0.0602. The Morgan fingerprint density at radius 2 is 1.84 bits per heavy atom. The number of allylic oxidation sites excluding steroid dienone is 2. The van der Waals surface area contributed by atoms with Crippen LogP contribution in [-0.4, -0.2) is 12.1 Å². The predicted octanol–water partition coefficient (Wildman–Crippen LogP) is 4.49. The smallest absolute Gasteiger partial charge is 0.0777 e. The van der Waals surface area contributed by atoms with Gasteiger partial charge in [0.05, 0.1) is 5.54 Å². The zero-order valence-electron chi connectivity index (χ0n) is 12.5. The Morgan fingerprint density at radius 1 is 1.11 bits per heavy atom. The third-order valence-electron chi connectivity index (χ3n) is 5.08. The number of para-hydroxylation sites is 1. The lowest BCUT2D eigenvalue weighted by Gasteiger charge is -2.44. The lowest BCUT2D eigenvalue weighted by atomic mass is 9.89. The normalized spacial score (nSPS) is 26.5. The van der Waals surface area contributed by atoms with Crippen molar-refractivity contribution in [2.75, 3.05) is 11.4 Å². The van der Waals surface area contributed by atoms with Crippen LogP contribution >= 0.6 is 0 Å². The van der Waals surface area contributed by atoms with Crippen molar-refractivity contribution in [3.8, 4) is 0 Å². The van der Waals surface area contributed by atoms with Gasteiger partial charge in [-0.1, -0.05) is 24.3 Å². The second-order valence-electron chi connectivity index (χ2n) is 6.11. The Kier molecular flexibility index (Phi) is 2.81. The molecule has 1 unspecified atom stereocenters. The molecular weight excluding hydrogens is 230 g/mol. The van der Waals surface area contributed by atoms with E-state index in [-0.39, 0.29) is 5.54 Å². The summed E-state index contributed by atoms with van der Waals surface area (Å²) in [6, 6.07) is 8.89. The Bertz CT molecular complexity index is 579. The maximum atomic E-state index is 2.60. The van der Waals surface area contributed by atoms with Crippen LogP contribution in [0.4, 0.5) is 5.69 Å². The molecule has 1 aliphatic carbocycles. The van der Waals surface area contributed by atoms with E-state index in [0.717, 1.165) is 6.54 Å². The van der Waals surface area contributed by atoms with E-state index < -0.39 is 0 Å². The first-order valence-corrected chi connectivity index (χ1v) is 7.27. The quantitative estimate of drug-likeness (QED) is 0.712. The van der Waals surface area contributed by atoms with Crippen molar-refractivity contribution in [3.05, 3.63) is 52.6 Å². The van der Waals surface area contributed by atoms with Crippen molar-refractivity contribution >= 4 is 5.69 Å². The third kappa shape index (κ3) is 1.75. The van der Waals surface area contributed by atoms with Crippen LogP contribution in [0.1, 0.15) is 39.7 Å². The molecule has 0 bridgehead atoms. The largest absolute Gasteiger partial charge is 0.359 e. The molecule has 0 saturated heterocycles. The van der Waals surface area contributed by atoms with Crippen LogP contribution in [0.5, 0.6) is 0 Å². The molecule has 1 aromatic carbocycles. The minimum Gasteiger partial charge on any atom is -0.359 e. The first kappa shape index (κ1) is 12.5. The van der Waals surface area contributed by atoms with Gasteiger partial charge in [-0.15, -0.1) is 0 Å². The molecule has 1 aliphatic heterocycles. The highest BCUT2D eigenvalue weighted by Crippen LogP contribution is 2.42. The van der Waals surface area contributed by atoms with Gasteiger partial charge < -0.3 is 4.90 Å². The third-order valence-corrected chi connectivity index (χ3v) is 5.08. The molecule has 0 N–H and O–H groups in total. The lowest BCUT2D eigenvalue weighted by molar-refractivity contribution is 0.556. The summed E-state index contributed by atoms with van der Waals surface area (Å²) in [4.78, 5) is 2.60. The zero-order valence-corrected chi connectivity index (χ0v) is 12.5. The summed E-state index contributed by atoms with van der Waals surface area (Å²) in [6.07, 6.45) is 4.92. The van der Waals surface area contributed by atoms with Gasteiger partial charge in [0.15, 0.2) is 0 Å². The molecule has 1 atom stereocenters. The average Bonchev–Trinajstić information content (AvgIpc) is 2.63. The van der Waals surface area contributed by atoms with Crippen LogP contribution in [-0.2, 0) is 6.42 Å². The molecule has 19 heavy (non-hydrogen) atoms. The molecule has 1 heterocycles. The highest BCUT2D eigenvalue weighted by atomic mass is 15.2. The van der Waals surface area contributed by atoms with Crippen molar-refractivity contribution in [3.63, 3.8) is 0 Å². The van der Waals surface area contributed by atoms with Gasteiger partial charge in [-0.3, -0.25) is 0 Å². The molecule has 100 valence electrons. The second kappa shape index (κ2) is 4.26. The number of benzene rings is 1. The highest BCUT2D eigenvalue weighted by molar-refractivity contribution is 5.64. The van der Waals surface area contributed by atoms with E-state index in [2.05, 4.69) is 62.9 Å². The van der Waals surface area contributed by atoms with Gasteiger partial charge in [0.1, 0.15) is 0 Å². The molecule has 1 aromatic rings. The van der Waals surface area contributed by atoms with E-state index >= 15 is 0 Å². The molecule has 0 amide bonds. The summed E-state index contributed by atoms with van der Waals surface area (Å²) in [5.74, 6) is 0. The molecule has 0 aromatic heterocycles. The summed E-state index contributed by atoms with van der Waals surface area (Å²) in [5, 5.41) is 0. The van der Waals surface area contributed by atoms with Crippen LogP contribution in [0.3, 0.4) is 0 Å². The highest BCUT2D eigenvalue weighted by Gasteiger charge is 2.38. The summed E-state index contributed by atoms with van der Waals surface area (Å²) < 4.78 is 0. The molecule has 0 fully saturated rings. The predicted molar refractivity (Wildman–Crippen MR) is 82.6 cm³/mol. The van der Waals surface area contributed by atoms with E-state index in [1.807, 2.05) is 0 Å². The van der Waals surface area contributed by atoms with Crippen LogP contribution < -0.4 is 4.90 Å². The van der Waals surface area contributed by atoms with Gasteiger partial charge in [-0.05, 0) is 68.9 Å². The molecule has 1 nitrogen and oxygen atoms in total. The van der Waals surface area contributed by atoms with Crippen molar-refractivity contribution in [1.29, 1.82) is 0 Å². The van der Waals surface area contributed by atoms with Crippen molar-refractivity contribution < 1.29 is 0 Å². The molecule has 1 heteroatoms. The van der Waals surface area contributed by atoms with E-state index in [1.54, 1.807) is 0 Å². The molecule has 0 saturated carbocycles. The molecule has 3 rings (SSSR count). The number of aryl methyl sites for hydroxylation is 1. The number of anilines is 1. The minimum absolute atomic E-state index is 0.0602. The Labute approximate surface area is 116 Å². The number of fused-ring (bicyclic) bond motifs is 1. The maximum absolute atomic E-state index is 2.60. The summed E-state index contributed by atoms with van der Waals surface area (Å²) in [5.41, 5.74) is 7.38. The summed E-state index contributed by atoms with van der Waals surface area (Å²) in [6.45, 7) is 10.3. The maximum Gasteiger partial charge on any atom is 0.0777 e. The zero-order chi connectivity index (χ0) is 13.6. The molecular formula is C18H23N.